The van der Waals surface area contributed by atoms with E-state index in [9.17, 15) is 24.9 Å². The smallest absolute Gasteiger partial charge is 0.225 e. The van der Waals surface area contributed by atoms with E-state index in [4.69, 9.17) is 0 Å². The Bertz CT molecular complexity index is 631. The zero-order chi connectivity index (χ0) is 34.3. The van der Waals surface area contributed by atoms with Crippen molar-refractivity contribution in [3.05, 3.63) is 0 Å². The Hall–Kier alpha value is -1.18. The van der Waals surface area contributed by atoms with E-state index in [2.05, 4.69) is 24.5 Å². The van der Waals surface area contributed by atoms with Gasteiger partial charge in [-0.05, 0) is 26.7 Å². The van der Waals surface area contributed by atoms with E-state index >= 15 is 0 Å². The van der Waals surface area contributed by atoms with E-state index in [-0.39, 0.29) is 24.9 Å². The van der Waals surface area contributed by atoms with Gasteiger partial charge in [0.2, 0.25) is 11.8 Å². The van der Waals surface area contributed by atoms with Crippen molar-refractivity contribution < 1.29 is 24.9 Å². The van der Waals surface area contributed by atoms with Crippen molar-refractivity contribution in [3.8, 4) is 0 Å². The molecule has 5 N–H and O–H groups in total. The minimum absolute atomic E-state index is 0.0128. The summed E-state index contributed by atoms with van der Waals surface area (Å²) in [6, 6.07) is 0. The van der Waals surface area contributed by atoms with Crippen molar-refractivity contribution in [1.82, 2.24) is 10.6 Å². The van der Waals surface area contributed by atoms with Gasteiger partial charge in [-0.3, -0.25) is 9.59 Å². The van der Waals surface area contributed by atoms with Crippen molar-refractivity contribution in [2.75, 3.05) is 13.1 Å². The molecule has 0 fully saturated rings. The highest BCUT2D eigenvalue weighted by Gasteiger charge is 2.25. The molecule has 0 aromatic rings. The van der Waals surface area contributed by atoms with Crippen molar-refractivity contribution in [2.24, 2.45) is 11.8 Å². The molecule has 46 heavy (non-hydrogen) atoms. The fourth-order valence-corrected chi connectivity index (χ4v) is 6.36. The highest BCUT2D eigenvalue weighted by Crippen LogP contribution is 2.19. The summed E-state index contributed by atoms with van der Waals surface area (Å²) in [6.07, 6.45) is 28.9. The number of aliphatic hydroxyl groups is 3. The summed E-state index contributed by atoms with van der Waals surface area (Å²) in [5, 5.41) is 36.3. The van der Waals surface area contributed by atoms with Gasteiger partial charge in [-0.25, -0.2) is 0 Å². The summed E-state index contributed by atoms with van der Waals surface area (Å²) in [6.45, 7) is 7.82. The third-order valence-corrected chi connectivity index (χ3v) is 9.60. The maximum absolute atomic E-state index is 12.7. The van der Waals surface area contributed by atoms with Crippen LogP contribution in [0.1, 0.15) is 195 Å². The summed E-state index contributed by atoms with van der Waals surface area (Å²) < 4.78 is 0. The summed E-state index contributed by atoms with van der Waals surface area (Å²) >= 11 is 0. The van der Waals surface area contributed by atoms with Crippen LogP contribution < -0.4 is 10.6 Å². The quantitative estimate of drug-likeness (QED) is 0.0445. The maximum atomic E-state index is 12.7. The van der Waals surface area contributed by atoms with Crippen LogP contribution in [-0.4, -0.2) is 58.5 Å². The molecule has 0 aliphatic carbocycles. The Balaban J connectivity index is 4.08. The number of nitrogens with one attached hydrogen (secondary N) is 2. The molecule has 0 aromatic heterocycles. The topological polar surface area (TPSA) is 119 Å². The van der Waals surface area contributed by atoms with Crippen LogP contribution in [0, 0.1) is 11.8 Å². The number of unbranched alkanes of at least 4 members (excludes halogenated alkanes) is 22. The van der Waals surface area contributed by atoms with E-state index in [1.165, 1.54) is 116 Å². The number of hydrogen-bond donors (Lipinski definition) is 5. The molecule has 0 radical (unpaired) electrons. The van der Waals surface area contributed by atoms with Crippen molar-refractivity contribution >= 4 is 11.8 Å². The monoisotopic (exact) mass is 655 g/mol. The predicted molar refractivity (Wildman–Crippen MR) is 194 cm³/mol. The summed E-state index contributed by atoms with van der Waals surface area (Å²) in [4.78, 5) is 25.5. The number of rotatable bonds is 34. The number of carbonyl (C=O) groups is 2. The Kier molecular flexibility index (Phi) is 31.5. The average Bonchev–Trinajstić information content (AvgIpc) is 3.02. The van der Waals surface area contributed by atoms with Crippen LogP contribution in [0.25, 0.3) is 0 Å². The number of aliphatic hydroxyl groups excluding tert-OH is 3. The second kappa shape index (κ2) is 32.4. The SMILES string of the molecule is CCCCCCCCCCCCCCC(C(=O)NCC(O)CNC(=O)C(CCCCCCCCCCCCCC)C(C)O)C(C)O. The minimum atomic E-state index is -0.935. The predicted octanol–water partition coefficient (Wildman–Crippen LogP) is 8.76. The van der Waals surface area contributed by atoms with Gasteiger partial charge in [0.15, 0.2) is 0 Å². The molecule has 2 amide bonds. The number of hydrogen-bond acceptors (Lipinski definition) is 5. The standard InChI is InChI=1S/C39H78N2O5/c1-5-7-9-11-13-15-17-19-21-23-25-27-29-36(33(3)42)38(45)40-31-35(44)32-41-39(46)37(34(4)43)30-28-26-24-22-20-18-16-14-12-10-8-6-2/h33-37,42-44H,5-32H2,1-4H3,(H,40,45)(H,41,46). The van der Waals surface area contributed by atoms with Gasteiger partial charge in [0.1, 0.15) is 0 Å². The highest BCUT2D eigenvalue weighted by molar-refractivity contribution is 5.79. The number of amides is 2. The fourth-order valence-electron chi connectivity index (χ4n) is 6.36. The first-order chi connectivity index (χ1) is 22.2. The zero-order valence-electron chi connectivity index (χ0n) is 30.8. The first kappa shape index (κ1) is 44.8. The molecule has 4 unspecified atom stereocenters. The van der Waals surface area contributed by atoms with Gasteiger partial charge in [-0.2, -0.15) is 0 Å². The molecule has 4 atom stereocenters. The lowest BCUT2D eigenvalue weighted by molar-refractivity contribution is -0.129. The fraction of sp³-hybridized carbons (Fsp3) is 0.949. The van der Waals surface area contributed by atoms with Gasteiger partial charge in [0.25, 0.3) is 0 Å². The zero-order valence-corrected chi connectivity index (χ0v) is 30.8. The van der Waals surface area contributed by atoms with Crippen LogP contribution in [0.15, 0.2) is 0 Å². The van der Waals surface area contributed by atoms with Crippen molar-refractivity contribution in [1.29, 1.82) is 0 Å². The molecular weight excluding hydrogens is 576 g/mol. The van der Waals surface area contributed by atoms with Gasteiger partial charge in [0.05, 0.1) is 30.1 Å². The molecular formula is C39H78N2O5. The Labute approximate surface area is 284 Å². The molecule has 0 saturated carbocycles. The molecule has 0 aromatic carbocycles. The van der Waals surface area contributed by atoms with Crippen LogP contribution in [0.5, 0.6) is 0 Å². The molecule has 0 aliphatic rings. The normalized spacial score (nSPS) is 14.8. The van der Waals surface area contributed by atoms with Crippen molar-refractivity contribution in [3.63, 3.8) is 0 Å². The van der Waals surface area contributed by atoms with Gasteiger partial charge < -0.3 is 26.0 Å². The van der Waals surface area contributed by atoms with Gasteiger partial charge in [0, 0.05) is 13.1 Å². The Morgan fingerprint density at radius 1 is 0.435 bits per heavy atom. The molecule has 0 bridgehead atoms. The largest absolute Gasteiger partial charge is 0.393 e. The van der Waals surface area contributed by atoms with Crippen LogP contribution in [0.4, 0.5) is 0 Å². The van der Waals surface area contributed by atoms with Crippen LogP contribution in [0.2, 0.25) is 0 Å². The molecule has 7 heteroatoms. The average molecular weight is 655 g/mol. The molecule has 0 heterocycles. The summed E-state index contributed by atoms with van der Waals surface area (Å²) in [5.41, 5.74) is 0. The second-order valence-electron chi connectivity index (χ2n) is 14.2. The Morgan fingerprint density at radius 3 is 0.913 bits per heavy atom. The van der Waals surface area contributed by atoms with Crippen molar-refractivity contribution in [2.45, 2.75) is 213 Å². The van der Waals surface area contributed by atoms with Crippen LogP contribution >= 0.6 is 0 Å². The molecule has 0 rings (SSSR count). The van der Waals surface area contributed by atoms with E-state index in [1.54, 1.807) is 13.8 Å². The first-order valence-corrected chi connectivity index (χ1v) is 19.8. The molecule has 0 aliphatic heterocycles. The van der Waals surface area contributed by atoms with Crippen LogP contribution in [0.3, 0.4) is 0 Å². The van der Waals surface area contributed by atoms with Crippen LogP contribution in [-0.2, 0) is 9.59 Å². The summed E-state index contributed by atoms with van der Waals surface area (Å²) in [5.74, 6) is -1.50. The van der Waals surface area contributed by atoms with E-state index < -0.39 is 30.1 Å². The lowest BCUT2D eigenvalue weighted by Gasteiger charge is -2.22. The van der Waals surface area contributed by atoms with Gasteiger partial charge >= 0.3 is 0 Å². The van der Waals surface area contributed by atoms with E-state index in [0.717, 1.165) is 38.5 Å². The Morgan fingerprint density at radius 2 is 0.674 bits per heavy atom. The lowest BCUT2D eigenvalue weighted by Crippen LogP contribution is -2.45. The first-order valence-electron chi connectivity index (χ1n) is 19.8. The number of carbonyl (C=O) groups excluding carboxylic acids is 2. The minimum Gasteiger partial charge on any atom is -0.393 e. The lowest BCUT2D eigenvalue weighted by atomic mass is 9.94. The molecule has 274 valence electrons. The van der Waals surface area contributed by atoms with Gasteiger partial charge in [-0.15, -0.1) is 0 Å². The van der Waals surface area contributed by atoms with E-state index in [0.29, 0.717) is 12.8 Å². The van der Waals surface area contributed by atoms with Gasteiger partial charge in [-0.1, -0.05) is 168 Å². The maximum Gasteiger partial charge on any atom is 0.225 e. The van der Waals surface area contributed by atoms with E-state index in [1.807, 2.05) is 0 Å². The summed E-state index contributed by atoms with van der Waals surface area (Å²) in [7, 11) is 0. The molecule has 7 nitrogen and oxygen atoms in total. The third kappa shape index (κ3) is 26.8. The molecule has 0 saturated heterocycles. The third-order valence-electron chi connectivity index (χ3n) is 9.60. The highest BCUT2D eigenvalue weighted by atomic mass is 16.3. The molecule has 0 spiro atoms. The second-order valence-corrected chi connectivity index (χ2v) is 14.2.